The Bertz CT molecular complexity index is 1960. The van der Waals surface area contributed by atoms with Crippen LogP contribution in [-0.2, 0) is 26.5 Å². The second-order valence-electron chi connectivity index (χ2n) is 12.6. The molecule has 6 aromatic rings. The summed E-state index contributed by atoms with van der Waals surface area (Å²) in [6, 6.07) is 37.2. The molecule has 3 heterocycles. The number of benzene rings is 4. The standard InChI is InChI=1S/C36H33N5Si.Pt/c1-36(2,3)25-20-27(40-24-39(4)34-35(40)38-19-18-37-34)22-29(21-25)42(5,6)28-16-17-31-30-14-10-11-15-32(30)41(33(31)23-28)26-12-8-7-9-13-26;/h7-12,14-21,24H,1-6H3;/q-4;+4. The molecule has 5 nitrogen and oxygen atoms in total. The Kier molecular flexibility index (Phi) is 7.34. The van der Waals surface area contributed by atoms with Crippen molar-refractivity contribution in [2.45, 2.75) is 39.3 Å². The number of rotatable bonds is 4. The number of anilines is 3. The van der Waals surface area contributed by atoms with Crippen molar-refractivity contribution in [2.24, 2.45) is 0 Å². The molecule has 0 aliphatic carbocycles. The normalized spacial score (nSPS) is 13.4. The summed E-state index contributed by atoms with van der Waals surface area (Å²) in [5.41, 5.74) is 5.49. The molecule has 2 aromatic heterocycles. The Balaban J connectivity index is 0.00000329. The molecular weight excluding hydrogens is 726 g/mol. The van der Waals surface area contributed by atoms with Gasteiger partial charge in [0.2, 0.25) is 0 Å². The van der Waals surface area contributed by atoms with Crippen LogP contribution < -0.4 is 20.2 Å². The van der Waals surface area contributed by atoms with Gasteiger partial charge in [-0.1, -0.05) is 63.3 Å². The molecular formula is C36H33N5PtSi. The first-order valence-corrected chi connectivity index (χ1v) is 17.3. The van der Waals surface area contributed by atoms with Crippen LogP contribution in [0.5, 0.6) is 0 Å². The zero-order chi connectivity index (χ0) is 29.2. The average Bonchev–Trinajstić information content (AvgIpc) is 3.51. The van der Waals surface area contributed by atoms with Gasteiger partial charge in [-0.3, -0.25) is 0 Å². The molecule has 0 saturated carbocycles. The minimum atomic E-state index is -2.27. The van der Waals surface area contributed by atoms with Crippen molar-refractivity contribution in [1.82, 2.24) is 14.5 Å². The predicted molar refractivity (Wildman–Crippen MR) is 176 cm³/mol. The SMILES string of the molecule is CN1[CH-]N(c2[c-]c([Si](C)(C)c3[c-]c4c(cc3)c3ccccc3n4-c3[c-]cccc3)cc(C(C)(C)C)c2)c2nccnc21.[Pt+4]. The van der Waals surface area contributed by atoms with Crippen LogP contribution >= 0.6 is 0 Å². The Morgan fingerprint density at radius 1 is 0.791 bits per heavy atom. The van der Waals surface area contributed by atoms with Crippen LogP contribution in [-0.4, -0.2) is 29.7 Å². The van der Waals surface area contributed by atoms with Gasteiger partial charge in [0, 0.05) is 17.9 Å². The number of hydrogen-bond acceptors (Lipinski definition) is 4. The summed E-state index contributed by atoms with van der Waals surface area (Å²) in [7, 11) is -0.263. The molecule has 7 rings (SSSR count). The monoisotopic (exact) mass is 758 g/mol. The fourth-order valence-corrected chi connectivity index (χ4v) is 8.01. The molecule has 7 heteroatoms. The smallest absolute Gasteiger partial charge is 0.487 e. The average molecular weight is 759 g/mol. The van der Waals surface area contributed by atoms with Crippen molar-refractivity contribution < 1.29 is 21.1 Å². The number of fused-ring (bicyclic) bond motifs is 4. The molecule has 0 saturated heterocycles. The quantitative estimate of drug-likeness (QED) is 0.147. The van der Waals surface area contributed by atoms with Gasteiger partial charge in [-0.15, -0.1) is 29.9 Å². The molecule has 0 spiro atoms. The maximum absolute atomic E-state index is 4.67. The van der Waals surface area contributed by atoms with Crippen LogP contribution in [0.3, 0.4) is 0 Å². The third kappa shape index (κ3) is 4.91. The van der Waals surface area contributed by atoms with Gasteiger partial charge in [0.05, 0.1) is 8.07 Å². The van der Waals surface area contributed by atoms with E-state index in [4.69, 9.17) is 0 Å². The summed E-state index contributed by atoms with van der Waals surface area (Å²) in [6.07, 6.45) is 3.49. The molecule has 216 valence electrons. The summed E-state index contributed by atoms with van der Waals surface area (Å²) < 4.78 is 2.30. The fourth-order valence-electron chi connectivity index (χ4n) is 5.83. The Hall–Kier alpha value is -3.73. The van der Waals surface area contributed by atoms with Crippen LogP contribution in [0.2, 0.25) is 13.1 Å². The summed E-state index contributed by atoms with van der Waals surface area (Å²) in [5.74, 6) is 1.67. The van der Waals surface area contributed by atoms with Gasteiger partial charge < -0.3 is 14.4 Å². The zero-order valence-electron chi connectivity index (χ0n) is 25.2. The summed E-state index contributed by atoms with van der Waals surface area (Å²) in [6.45, 7) is 13.7. The van der Waals surface area contributed by atoms with Crippen LogP contribution in [0.15, 0.2) is 85.2 Å². The van der Waals surface area contributed by atoms with E-state index in [0.29, 0.717) is 0 Å². The van der Waals surface area contributed by atoms with Crippen LogP contribution in [0.25, 0.3) is 27.5 Å². The van der Waals surface area contributed by atoms with E-state index in [1.165, 1.54) is 32.2 Å². The fraction of sp³-hybridized carbons (Fsp3) is 0.194. The number of aromatic nitrogens is 3. The molecule has 0 N–H and O–H groups in total. The maximum Gasteiger partial charge on any atom is 4.00 e. The van der Waals surface area contributed by atoms with Gasteiger partial charge >= 0.3 is 21.1 Å². The Morgan fingerprint density at radius 3 is 2.28 bits per heavy atom. The summed E-state index contributed by atoms with van der Waals surface area (Å²) in [5, 5.41) is 4.91. The second-order valence-corrected chi connectivity index (χ2v) is 16.9. The topological polar surface area (TPSA) is 37.2 Å². The Morgan fingerprint density at radius 2 is 1.53 bits per heavy atom. The molecule has 43 heavy (non-hydrogen) atoms. The van der Waals surface area contributed by atoms with Crippen molar-refractivity contribution in [2.75, 3.05) is 16.8 Å². The van der Waals surface area contributed by atoms with Crippen molar-refractivity contribution in [3.8, 4) is 5.69 Å². The summed E-state index contributed by atoms with van der Waals surface area (Å²) >= 11 is 0. The van der Waals surface area contributed by atoms with Gasteiger partial charge in [-0.2, -0.15) is 70.5 Å². The van der Waals surface area contributed by atoms with Gasteiger partial charge in [-0.25, -0.2) is 9.97 Å². The second kappa shape index (κ2) is 10.8. The minimum Gasteiger partial charge on any atom is -0.487 e. The van der Waals surface area contributed by atoms with Gasteiger partial charge in [0.1, 0.15) is 11.6 Å². The predicted octanol–water partition coefficient (Wildman–Crippen LogP) is 6.80. The van der Waals surface area contributed by atoms with Crippen molar-refractivity contribution in [1.29, 1.82) is 0 Å². The largest absolute Gasteiger partial charge is 4.00 e. The van der Waals surface area contributed by atoms with Gasteiger partial charge in [0.25, 0.3) is 0 Å². The molecule has 0 radical (unpaired) electrons. The molecule has 0 bridgehead atoms. The van der Waals surface area contributed by atoms with Crippen LogP contribution in [0.1, 0.15) is 26.3 Å². The van der Waals surface area contributed by atoms with Crippen LogP contribution in [0, 0.1) is 24.9 Å². The number of para-hydroxylation sites is 2. The van der Waals surface area contributed by atoms with Crippen LogP contribution in [0.4, 0.5) is 17.3 Å². The minimum absolute atomic E-state index is 0. The van der Waals surface area contributed by atoms with E-state index in [9.17, 15) is 0 Å². The van der Waals surface area contributed by atoms with Crippen molar-refractivity contribution >= 4 is 57.6 Å². The van der Waals surface area contributed by atoms with E-state index < -0.39 is 8.07 Å². The third-order valence-corrected chi connectivity index (χ3v) is 11.6. The molecule has 1 aliphatic heterocycles. The van der Waals surface area contributed by atoms with E-state index in [1.54, 1.807) is 12.4 Å². The zero-order valence-corrected chi connectivity index (χ0v) is 28.5. The number of hydrogen-bond donors (Lipinski definition) is 0. The molecule has 0 amide bonds. The molecule has 1 aliphatic rings. The van der Waals surface area contributed by atoms with E-state index in [2.05, 4.69) is 132 Å². The first-order valence-electron chi connectivity index (χ1n) is 14.3. The first-order chi connectivity index (χ1) is 20.1. The molecule has 4 aromatic carbocycles. The van der Waals surface area contributed by atoms with E-state index >= 15 is 0 Å². The van der Waals surface area contributed by atoms with E-state index in [1.807, 2.05) is 30.7 Å². The molecule has 0 atom stereocenters. The molecule has 0 unspecified atom stereocenters. The van der Waals surface area contributed by atoms with Crippen molar-refractivity contribution in [3.63, 3.8) is 0 Å². The summed E-state index contributed by atoms with van der Waals surface area (Å²) in [4.78, 5) is 13.4. The third-order valence-electron chi connectivity index (χ3n) is 8.36. The number of nitrogens with zero attached hydrogens (tertiary/aromatic N) is 5. The van der Waals surface area contributed by atoms with E-state index in [-0.39, 0.29) is 26.5 Å². The first kappa shape index (κ1) is 29.3. The Labute approximate surface area is 269 Å². The maximum atomic E-state index is 4.67. The molecule has 0 fully saturated rings. The van der Waals surface area contributed by atoms with E-state index in [0.717, 1.165) is 28.5 Å². The van der Waals surface area contributed by atoms with Gasteiger partial charge in [0.15, 0.2) is 0 Å². The van der Waals surface area contributed by atoms with Gasteiger partial charge in [-0.05, 0) is 23.9 Å². The van der Waals surface area contributed by atoms with Crippen molar-refractivity contribution in [3.05, 3.63) is 116 Å².